The quantitative estimate of drug-likeness (QED) is 0.565. The summed E-state index contributed by atoms with van der Waals surface area (Å²) in [5.41, 5.74) is 0.0311. The Hall–Kier alpha value is -3.81. The first-order valence-corrected chi connectivity index (χ1v) is 10.6. The number of hydrogen-bond donors (Lipinski definition) is 2. The minimum Gasteiger partial charge on any atom is -0.440 e. The van der Waals surface area contributed by atoms with Gasteiger partial charge in [-0.15, -0.1) is 0 Å². The number of aryl methyl sites for hydroxylation is 1. The number of hydrogen-bond acceptors (Lipinski definition) is 6. The Bertz CT molecular complexity index is 1280. The molecule has 1 atom stereocenters. The molecule has 2 aliphatic rings. The molecule has 5 rings (SSSR count). The van der Waals surface area contributed by atoms with Crippen LogP contribution in [0.25, 0.3) is 11.1 Å². The highest BCUT2D eigenvalue weighted by Gasteiger charge is 2.46. The van der Waals surface area contributed by atoms with Gasteiger partial charge in [0, 0.05) is 18.3 Å². The molecule has 2 fully saturated rings. The summed E-state index contributed by atoms with van der Waals surface area (Å²) in [5, 5.41) is 19.0. The maximum Gasteiger partial charge on any atom is 0.255 e. The zero-order valence-corrected chi connectivity index (χ0v) is 17.7. The summed E-state index contributed by atoms with van der Waals surface area (Å²) in [6.45, 7) is 1.71. The van der Waals surface area contributed by atoms with Crippen LogP contribution in [0.15, 0.2) is 22.7 Å². The summed E-state index contributed by atoms with van der Waals surface area (Å²) >= 11 is 0. The number of rotatable bonds is 7. The van der Waals surface area contributed by atoms with E-state index >= 15 is 0 Å². The average molecular weight is 454 g/mol. The number of nitriles is 1. The van der Waals surface area contributed by atoms with Gasteiger partial charge in [-0.2, -0.15) is 10.4 Å². The van der Waals surface area contributed by atoms with E-state index in [-0.39, 0.29) is 29.5 Å². The van der Waals surface area contributed by atoms with E-state index in [1.54, 1.807) is 17.8 Å². The molecular formula is C22H20F2N6O3. The van der Waals surface area contributed by atoms with Gasteiger partial charge in [0.2, 0.25) is 5.91 Å². The van der Waals surface area contributed by atoms with Crippen molar-refractivity contribution < 1.29 is 22.8 Å². The molecule has 0 saturated heterocycles. The van der Waals surface area contributed by atoms with Crippen molar-refractivity contribution in [2.75, 3.05) is 0 Å². The molecule has 2 aliphatic carbocycles. The lowest BCUT2D eigenvalue weighted by atomic mass is 10.1. The largest absolute Gasteiger partial charge is 0.440 e. The fourth-order valence-electron chi connectivity index (χ4n) is 3.62. The number of nitrogens with zero attached hydrogens (tertiary/aromatic N) is 4. The van der Waals surface area contributed by atoms with Crippen LogP contribution in [0.2, 0.25) is 0 Å². The van der Waals surface area contributed by atoms with Crippen LogP contribution in [0, 0.1) is 29.9 Å². The summed E-state index contributed by atoms with van der Waals surface area (Å²) in [7, 11) is 0. The van der Waals surface area contributed by atoms with Gasteiger partial charge >= 0.3 is 0 Å². The molecule has 1 aromatic carbocycles. The third-order valence-corrected chi connectivity index (χ3v) is 5.88. The fraction of sp³-hybridized carbons (Fsp3) is 0.409. The molecule has 170 valence electrons. The first-order valence-electron chi connectivity index (χ1n) is 10.6. The summed E-state index contributed by atoms with van der Waals surface area (Å²) in [4.78, 5) is 30.1. The fourth-order valence-corrected chi connectivity index (χ4v) is 3.62. The SMILES string of the molecule is Cc1nn(C2CC2)cc1C(=O)N[C@@H](Cc1nc2cc(F)c(F)cc2o1)C(=O)NC1(C#N)CC1. The number of halogens is 2. The van der Waals surface area contributed by atoms with Crippen molar-refractivity contribution in [1.82, 2.24) is 25.4 Å². The second-order valence-electron chi connectivity index (χ2n) is 8.59. The number of carbonyl (C=O) groups excluding carboxylic acids is 2. The van der Waals surface area contributed by atoms with Gasteiger partial charge in [-0.1, -0.05) is 0 Å². The molecule has 0 unspecified atom stereocenters. The summed E-state index contributed by atoms with van der Waals surface area (Å²) in [6.07, 6.45) is 4.52. The highest BCUT2D eigenvalue weighted by molar-refractivity contribution is 5.98. The lowest BCUT2D eigenvalue weighted by Gasteiger charge is -2.19. The minimum absolute atomic E-state index is 0.0163. The van der Waals surface area contributed by atoms with Crippen LogP contribution in [0.4, 0.5) is 8.78 Å². The van der Waals surface area contributed by atoms with Crippen LogP contribution in [0.1, 0.15) is 53.7 Å². The van der Waals surface area contributed by atoms with Gasteiger partial charge in [0.15, 0.2) is 23.1 Å². The second-order valence-corrected chi connectivity index (χ2v) is 8.59. The van der Waals surface area contributed by atoms with Crippen molar-refractivity contribution >= 4 is 22.9 Å². The predicted octanol–water partition coefficient (Wildman–Crippen LogP) is 2.46. The monoisotopic (exact) mass is 454 g/mol. The predicted molar refractivity (Wildman–Crippen MR) is 110 cm³/mol. The Labute approximate surface area is 186 Å². The lowest BCUT2D eigenvalue weighted by Crippen LogP contribution is -2.51. The van der Waals surface area contributed by atoms with Crippen LogP contribution in [0.5, 0.6) is 0 Å². The number of aromatic nitrogens is 3. The van der Waals surface area contributed by atoms with Crippen LogP contribution in [0.3, 0.4) is 0 Å². The topological polar surface area (TPSA) is 126 Å². The molecule has 9 nitrogen and oxygen atoms in total. The van der Waals surface area contributed by atoms with Crippen molar-refractivity contribution in [3.63, 3.8) is 0 Å². The van der Waals surface area contributed by atoms with E-state index in [2.05, 4.69) is 26.8 Å². The molecule has 2 amide bonds. The van der Waals surface area contributed by atoms with Gasteiger partial charge in [0.1, 0.15) is 17.1 Å². The molecule has 0 aliphatic heterocycles. The number of nitrogens with one attached hydrogen (secondary N) is 2. The number of carbonyl (C=O) groups is 2. The molecule has 0 radical (unpaired) electrons. The van der Waals surface area contributed by atoms with E-state index in [0.717, 1.165) is 25.0 Å². The molecule has 2 saturated carbocycles. The normalized spacial score (nSPS) is 17.4. The number of amides is 2. The zero-order chi connectivity index (χ0) is 23.3. The molecule has 2 heterocycles. The highest BCUT2D eigenvalue weighted by Crippen LogP contribution is 2.35. The van der Waals surface area contributed by atoms with E-state index in [1.165, 1.54) is 0 Å². The molecule has 2 aromatic heterocycles. The van der Waals surface area contributed by atoms with Gasteiger partial charge in [-0.3, -0.25) is 14.3 Å². The van der Waals surface area contributed by atoms with Crippen molar-refractivity contribution in [2.45, 2.75) is 56.7 Å². The summed E-state index contributed by atoms with van der Waals surface area (Å²) in [6, 6.07) is 3.00. The maximum atomic E-state index is 13.5. The molecule has 0 spiro atoms. The minimum atomic E-state index is -1.13. The number of fused-ring (bicyclic) bond motifs is 1. The van der Waals surface area contributed by atoms with Crippen molar-refractivity contribution in [3.8, 4) is 6.07 Å². The Balaban J connectivity index is 1.40. The van der Waals surface area contributed by atoms with E-state index in [9.17, 15) is 23.6 Å². The molecule has 33 heavy (non-hydrogen) atoms. The lowest BCUT2D eigenvalue weighted by molar-refractivity contribution is -0.123. The van der Waals surface area contributed by atoms with Gasteiger partial charge < -0.3 is 15.1 Å². The van der Waals surface area contributed by atoms with E-state index in [1.807, 2.05) is 0 Å². The van der Waals surface area contributed by atoms with Crippen molar-refractivity contribution in [1.29, 1.82) is 5.26 Å². The number of oxazole rings is 1. The van der Waals surface area contributed by atoms with Crippen molar-refractivity contribution in [2.24, 2.45) is 0 Å². The molecular weight excluding hydrogens is 434 g/mol. The molecule has 0 bridgehead atoms. The summed E-state index contributed by atoms with van der Waals surface area (Å²) < 4.78 is 34.3. The van der Waals surface area contributed by atoms with Crippen LogP contribution >= 0.6 is 0 Å². The van der Waals surface area contributed by atoms with Crippen LogP contribution < -0.4 is 10.6 Å². The van der Waals surface area contributed by atoms with Crippen LogP contribution in [-0.4, -0.2) is 38.2 Å². The van der Waals surface area contributed by atoms with E-state index in [4.69, 9.17) is 4.42 Å². The van der Waals surface area contributed by atoms with Crippen molar-refractivity contribution in [3.05, 3.63) is 47.1 Å². The first kappa shape index (κ1) is 21.1. The molecule has 11 heteroatoms. The van der Waals surface area contributed by atoms with Crippen LogP contribution in [-0.2, 0) is 11.2 Å². The molecule has 2 N–H and O–H groups in total. The zero-order valence-electron chi connectivity index (χ0n) is 17.7. The smallest absolute Gasteiger partial charge is 0.255 e. The van der Waals surface area contributed by atoms with E-state index < -0.39 is 35.0 Å². The summed E-state index contributed by atoms with van der Waals surface area (Å²) in [5.74, 6) is -3.22. The van der Waals surface area contributed by atoms with Gasteiger partial charge in [0.05, 0.1) is 29.8 Å². The Kier molecular flexibility index (Phi) is 4.88. The van der Waals surface area contributed by atoms with Gasteiger partial charge in [0.25, 0.3) is 5.91 Å². The maximum absolute atomic E-state index is 13.5. The molecule has 3 aromatic rings. The highest BCUT2D eigenvalue weighted by atomic mass is 19.2. The number of benzene rings is 1. The first-order chi connectivity index (χ1) is 15.8. The third kappa shape index (κ3) is 4.16. The van der Waals surface area contributed by atoms with Gasteiger partial charge in [-0.25, -0.2) is 13.8 Å². The standard InChI is InChI=1S/C22H20F2N6O3/c1-11-13(9-30(29-11)12-2-3-12)20(31)27-17(21(32)28-22(10-25)4-5-22)8-19-26-16-6-14(23)15(24)7-18(16)33-19/h6-7,9,12,17H,2-5,8H2,1H3,(H,27,31)(H,28,32)/t17-/m0/s1. The average Bonchev–Trinajstić information content (AvgIpc) is 3.69. The van der Waals surface area contributed by atoms with Gasteiger partial charge in [-0.05, 0) is 32.6 Å². The van der Waals surface area contributed by atoms with E-state index in [0.29, 0.717) is 24.1 Å². The Morgan fingerprint density at radius 2 is 2.06 bits per heavy atom. The second kappa shape index (κ2) is 7.65. The third-order valence-electron chi connectivity index (χ3n) is 5.88. The Morgan fingerprint density at radius 1 is 1.33 bits per heavy atom. The Morgan fingerprint density at radius 3 is 2.73 bits per heavy atom.